The predicted molar refractivity (Wildman–Crippen MR) is 140 cm³/mol. The number of halogens is 3. The fourth-order valence-corrected chi connectivity index (χ4v) is 6.12. The summed E-state index contributed by atoms with van der Waals surface area (Å²) in [5.41, 5.74) is 0.147. The van der Waals surface area contributed by atoms with Crippen LogP contribution in [0.1, 0.15) is 54.8 Å². The quantitative estimate of drug-likeness (QED) is 0.357. The molecule has 1 saturated carbocycles. The number of nitrogens with zero attached hydrogens (tertiary/aromatic N) is 3. The van der Waals surface area contributed by atoms with Gasteiger partial charge < -0.3 is 20.5 Å². The standard InChI is InChI=1S/C27H30F3N5O3S/c1-16-10-18(13-20(11-16)34-25-31-8-4-22(35-25)27(28,29)30)21-14-32-24(39-21)26(37)6-2-19(3-7-26)33-23(36)12-17-5-9-38-15-17/h4,8,10-11,13-14,17,19,37H,2-3,5-7,9,12,15H2,1H3,(H,33,36)(H,31,34,35)/t17?,19-,26-. The van der Waals surface area contributed by atoms with Gasteiger partial charge in [0.15, 0.2) is 0 Å². The number of aromatic nitrogens is 3. The molecule has 3 aromatic rings. The number of benzene rings is 1. The molecular weight excluding hydrogens is 531 g/mol. The van der Waals surface area contributed by atoms with E-state index < -0.39 is 17.5 Å². The normalized spacial score (nSPS) is 23.5. The third-order valence-corrected chi connectivity index (χ3v) is 8.38. The molecule has 0 radical (unpaired) electrons. The van der Waals surface area contributed by atoms with Crippen LogP contribution in [0.5, 0.6) is 0 Å². The van der Waals surface area contributed by atoms with Crippen LogP contribution in [0.15, 0.2) is 36.7 Å². The lowest BCUT2D eigenvalue weighted by Gasteiger charge is -2.35. The first kappa shape index (κ1) is 27.5. The largest absolute Gasteiger partial charge is 0.433 e. The minimum Gasteiger partial charge on any atom is -0.383 e. The van der Waals surface area contributed by atoms with E-state index in [2.05, 4.69) is 25.6 Å². The van der Waals surface area contributed by atoms with Crippen molar-refractivity contribution in [1.82, 2.24) is 20.3 Å². The van der Waals surface area contributed by atoms with Crippen molar-refractivity contribution in [3.05, 3.63) is 52.9 Å². The van der Waals surface area contributed by atoms with Crippen molar-refractivity contribution in [1.29, 1.82) is 0 Å². The van der Waals surface area contributed by atoms with Crippen LogP contribution in [0.4, 0.5) is 24.8 Å². The van der Waals surface area contributed by atoms with Crippen LogP contribution in [0.25, 0.3) is 10.4 Å². The van der Waals surface area contributed by atoms with Gasteiger partial charge in [-0.05, 0) is 74.3 Å². The lowest BCUT2D eigenvalue weighted by Crippen LogP contribution is -2.42. The summed E-state index contributed by atoms with van der Waals surface area (Å²) >= 11 is 1.39. The number of ether oxygens (including phenoxy) is 1. The maximum absolute atomic E-state index is 13.0. The van der Waals surface area contributed by atoms with E-state index in [0.717, 1.165) is 41.3 Å². The molecule has 1 atom stereocenters. The van der Waals surface area contributed by atoms with Gasteiger partial charge in [0, 0.05) is 43.8 Å². The summed E-state index contributed by atoms with van der Waals surface area (Å²) in [5, 5.41) is 18.0. The number of anilines is 2. The Hall–Kier alpha value is -3.09. The molecule has 1 saturated heterocycles. The zero-order chi connectivity index (χ0) is 27.6. The predicted octanol–water partition coefficient (Wildman–Crippen LogP) is 5.34. The summed E-state index contributed by atoms with van der Waals surface area (Å²) in [7, 11) is 0. The fraction of sp³-hybridized carbons (Fsp3) is 0.481. The highest BCUT2D eigenvalue weighted by molar-refractivity contribution is 7.15. The Balaban J connectivity index is 1.23. The van der Waals surface area contributed by atoms with Gasteiger partial charge in [0.25, 0.3) is 0 Å². The molecular formula is C27H30F3N5O3S. The van der Waals surface area contributed by atoms with Crippen LogP contribution in [-0.4, -0.2) is 45.2 Å². The monoisotopic (exact) mass is 561 g/mol. The van der Waals surface area contributed by atoms with Crippen LogP contribution in [0.3, 0.4) is 0 Å². The van der Waals surface area contributed by atoms with E-state index >= 15 is 0 Å². The Bertz CT molecular complexity index is 1320. The van der Waals surface area contributed by atoms with Gasteiger partial charge in [0.05, 0.1) is 4.88 Å². The molecule has 2 aromatic heterocycles. The molecule has 5 rings (SSSR count). The summed E-state index contributed by atoms with van der Waals surface area (Å²) < 4.78 is 44.4. The average Bonchev–Trinajstić information content (AvgIpc) is 3.58. The van der Waals surface area contributed by atoms with Crippen molar-refractivity contribution >= 4 is 28.9 Å². The highest BCUT2D eigenvalue weighted by Crippen LogP contribution is 2.41. The van der Waals surface area contributed by atoms with Gasteiger partial charge in [-0.25, -0.2) is 15.0 Å². The van der Waals surface area contributed by atoms with Crippen LogP contribution in [0.2, 0.25) is 0 Å². The molecule has 8 nitrogen and oxygen atoms in total. The molecule has 2 fully saturated rings. The van der Waals surface area contributed by atoms with Gasteiger partial charge in [-0.2, -0.15) is 13.2 Å². The molecule has 0 spiro atoms. The Morgan fingerprint density at radius 3 is 2.72 bits per heavy atom. The summed E-state index contributed by atoms with van der Waals surface area (Å²) in [6.45, 7) is 3.24. The number of hydrogen-bond acceptors (Lipinski definition) is 8. The number of carbonyl (C=O) groups excluding carboxylic acids is 1. The van der Waals surface area contributed by atoms with Crippen LogP contribution >= 0.6 is 11.3 Å². The van der Waals surface area contributed by atoms with Crippen molar-refractivity contribution in [2.45, 2.75) is 63.3 Å². The number of rotatable bonds is 7. The number of nitrogens with one attached hydrogen (secondary N) is 2. The minimum atomic E-state index is -4.56. The number of hydrogen-bond donors (Lipinski definition) is 3. The molecule has 1 aliphatic heterocycles. The van der Waals surface area contributed by atoms with Gasteiger partial charge in [-0.15, -0.1) is 11.3 Å². The molecule has 1 aromatic carbocycles. The number of thiazole rings is 1. The third kappa shape index (κ3) is 6.74. The molecule has 0 bridgehead atoms. The Labute approximate surface area is 228 Å². The van der Waals surface area contributed by atoms with Crippen molar-refractivity contribution in [3.63, 3.8) is 0 Å². The average molecular weight is 562 g/mol. The van der Waals surface area contributed by atoms with E-state index in [4.69, 9.17) is 4.74 Å². The molecule has 3 N–H and O–H groups in total. The van der Waals surface area contributed by atoms with Crippen molar-refractivity contribution in [2.75, 3.05) is 18.5 Å². The van der Waals surface area contributed by atoms with Crippen molar-refractivity contribution in [2.24, 2.45) is 5.92 Å². The summed E-state index contributed by atoms with van der Waals surface area (Å²) in [6.07, 6.45) is 1.90. The molecule has 208 valence electrons. The molecule has 1 aliphatic carbocycles. The van der Waals surface area contributed by atoms with Gasteiger partial charge >= 0.3 is 6.18 Å². The van der Waals surface area contributed by atoms with Crippen molar-refractivity contribution < 1.29 is 27.8 Å². The topological polar surface area (TPSA) is 109 Å². The minimum absolute atomic E-state index is 0.0306. The third-order valence-electron chi connectivity index (χ3n) is 7.14. The Morgan fingerprint density at radius 2 is 2.00 bits per heavy atom. The van der Waals surface area contributed by atoms with E-state index in [1.165, 1.54) is 11.3 Å². The van der Waals surface area contributed by atoms with E-state index in [9.17, 15) is 23.1 Å². The van der Waals surface area contributed by atoms with E-state index in [-0.39, 0.29) is 23.8 Å². The maximum Gasteiger partial charge on any atom is 0.433 e. The molecule has 1 unspecified atom stereocenters. The first-order valence-corrected chi connectivity index (χ1v) is 13.7. The second-order valence-electron chi connectivity index (χ2n) is 10.3. The summed E-state index contributed by atoms with van der Waals surface area (Å²) in [5.74, 6) is 0.173. The zero-order valence-electron chi connectivity index (χ0n) is 21.4. The smallest absolute Gasteiger partial charge is 0.383 e. The lowest BCUT2D eigenvalue weighted by molar-refractivity contribution is -0.141. The lowest BCUT2D eigenvalue weighted by atomic mass is 9.82. The summed E-state index contributed by atoms with van der Waals surface area (Å²) in [4.78, 5) is 25.2. The summed E-state index contributed by atoms with van der Waals surface area (Å²) in [6, 6.07) is 6.38. The van der Waals surface area contributed by atoms with Crippen LogP contribution in [-0.2, 0) is 21.3 Å². The van der Waals surface area contributed by atoms with Crippen LogP contribution < -0.4 is 10.6 Å². The Kier molecular flexibility index (Phi) is 7.88. The fourth-order valence-electron chi connectivity index (χ4n) is 5.07. The highest BCUT2D eigenvalue weighted by atomic mass is 32.1. The van der Waals surface area contributed by atoms with Crippen LogP contribution in [0, 0.1) is 12.8 Å². The molecule has 39 heavy (non-hydrogen) atoms. The molecule has 12 heteroatoms. The van der Waals surface area contributed by atoms with Gasteiger partial charge in [0.2, 0.25) is 11.9 Å². The zero-order valence-corrected chi connectivity index (χ0v) is 22.2. The highest BCUT2D eigenvalue weighted by Gasteiger charge is 2.38. The maximum atomic E-state index is 13.0. The van der Waals surface area contributed by atoms with Gasteiger partial charge in [-0.3, -0.25) is 4.79 Å². The number of aliphatic hydroxyl groups is 1. The second kappa shape index (κ2) is 11.2. The number of carbonyl (C=O) groups is 1. The molecule has 3 heterocycles. The Morgan fingerprint density at radius 1 is 1.21 bits per heavy atom. The number of alkyl halides is 3. The first-order valence-electron chi connectivity index (χ1n) is 12.9. The van der Waals surface area contributed by atoms with E-state index in [0.29, 0.717) is 49.4 Å². The molecule has 2 aliphatic rings. The SMILES string of the molecule is Cc1cc(Nc2nccc(C(F)(F)F)n2)cc(-c2cnc([C@]3(O)CC[C@H](NC(=O)CC4CCOC4)CC3)s2)c1. The van der Waals surface area contributed by atoms with Crippen molar-refractivity contribution in [3.8, 4) is 10.4 Å². The number of aryl methyl sites for hydroxylation is 1. The van der Waals surface area contributed by atoms with E-state index in [1.54, 1.807) is 18.3 Å². The second-order valence-corrected chi connectivity index (χ2v) is 11.3. The van der Waals surface area contributed by atoms with Gasteiger partial charge in [0.1, 0.15) is 16.3 Å². The van der Waals surface area contributed by atoms with E-state index in [1.807, 2.05) is 13.0 Å². The number of amides is 1. The van der Waals surface area contributed by atoms with Gasteiger partial charge in [-0.1, -0.05) is 6.07 Å². The first-order chi connectivity index (χ1) is 18.6. The molecule has 1 amide bonds.